The molecular formula is C13H17BrO2S. The predicted molar refractivity (Wildman–Crippen MR) is 75.7 cm³/mol. The highest BCUT2D eigenvalue weighted by molar-refractivity contribution is 9.10. The number of benzene rings is 1. The molecule has 1 N–H and O–H groups in total. The summed E-state index contributed by atoms with van der Waals surface area (Å²) >= 11 is 5.41. The molecule has 0 spiro atoms. The fourth-order valence-electron chi connectivity index (χ4n) is 1.97. The number of hydrogen-bond donors (Lipinski definition) is 1. The van der Waals surface area contributed by atoms with Crippen LogP contribution in [0.2, 0.25) is 0 Å². The first-order valence-electron chi connectivity index (χ1n) is 5.90. The lowest BCUT2D eigenvalue weighted by molar-refractivity contribution is 0.0532. The SMILES string of the molecule is OC(COc1ccccc1Br)C1CCSCC1. The summed E-state index contributed by atoms with van der Waals surface area (Å²) in [5.74, 6) is 3.53. The van der Waals surface area contributed by atoms with Crippen molar-refractivity contribution in [3.63, 3.8) is 0 Å². The molecular weight excluding hydrogens is 300 g/mol. The van der Waals surface area contributed by atoms with E-state index in [0.29, 0.717) is 12.5 Å². The molecule has 1 aliphatic heterocycles. The Morgan fingerprint density at radius 3 is 2.76 bits per heavy atom. The zero-order valence-corrected chi connectivity index (χ0v) is 12.0. The Balaban J connectivity index is 1.83. The van der Waals surface area contributed by atoms with Crippen molar-refractivity contribution in [2.75, 3.05) is 18.1 Å². The molecule has 0 saturated carbocycles. The van der Waals surface area contributed by atoms with Gasteiger partial charge < -0.3 is 9.84 Å². The van der Waals surface area contributed by atoms with E-state index < -0.39 is 0 Å². The minimum atomic E-state index is -0.344. The molecule has 1 aliphatic rings. The molecule has 1 saturated heterocycles. The minimum absolute atomic E-state index is 0.344. The van der Waals surface area contributed by atoms with Crippen molar-refractivity contribution in [1.82, 2.24) is 0 Å². The van der Waals surface area contributed by atoms with Gasteiger partial charge in [-0.3, -0.25) is 0 Å². The maximum absolute atomic E-state index is 10.1. The molecule has 1 aromatic rings. The smallest absolute Gasteiger partial charge is 0.133 e. The van der Waals surface area contributed by atoms with E-state index in [-0.39, 0.29) is 6.10 Å². The molecule has 2 rings (SSSR count). The second-order valence-electron chi connectivity index (χ2n) is 4.26. The van der Waals surface area contributed by atoms with Crippen LogP contribution in [0, 0.1) is 5.92 Å². The number of rotatable bonds is 4. The molecule has 0 radical (unpaired) electrons. The van der Waals surface area contributed by atoms with E-state index in [9.17, 15) is 5.11 Å². The normalized spacial score (nSPS) is 18.9. The Bertz CT molecular complexity index is 353. The second kappa shape index (κ2) is 6.66. The van der Waals surface area contributed by atoms with Crippen molar-refractivity contribution in [3.05, 3.63) is 28.7 Å². The highest BCUT2D eigenvalue weighted by Gasteiger charge is 2.22. The first-order valence-corrected chi connectivity index (χ1v) is 7.85. The van der Waals surface area contributed by atoms with Gasteiger partial charge in [0.1, 0.15) is 12.4 Å². The van der Waals surface area contributed by atoms with Gasteiger partial charge in [0, 0.05) is 0 Å². The van der Waals surface area contributed by atoms with Gasteiger partial charge >= 0.3 is 0 Å². The van der Waals surface area contributed by atoms with Gasteiger partial charge in [0.25, 0.3) is 0 Å². The van der Waals surface area contributed by atoms with E-state index in [4.69, 9.17) is 4.74 Å². The van der Waals surface area contributed by atoms with Gasteiger partial charge in [0.05, 0.1) is 10.6 Å². The third kappa shape index (κ3) is 3.90. The van der Waals surface area contributed by atoms with Gasteiger partial charge in [-0.1, -0.05) is 12.1 Å². The second-order valence-corrected chi connectivity index (χ2v) is 6.34. The summed E-state index contributed by atoms with van der Waals surface area (Å²) in [6, 6.07) is 7.74. The van der Waals surface area contributed by atoms with Crippen LogP contribution in [0.1, 0.15) is 12.8 Å². The lowest BCUT2D eigenvalue weighted by atomic mass is 9.96. The molecule has 1 unspecified atom stereocenters. The van der Waals surface area contributed by atoms with Crippen molar-refractivity contribution in [2.45, 2.75) is 18.9 Å². The van der Waals surface area contributed by atoms with Crippen molar-refractivity contribution in [2.24, 2.45) is 5.92 Å². The van der Waals surface area contributed by atoms with Crippen molar-refractivity contribution in [1.29, 1.82) is 0 Å². The number of aliphatic hydroxyl groups is 1. The minimum Gasteiger partial charge on any atom is -0.490 e. The number of hydrogen-bond acceptors (Lipinski definition) is 3. The van der Waals surface area contributed by atoms with Gasteiger partial charge in [-0.15, -0.1) is 0 Å². The van der Waals surface area contributed by atoms with Crippen LogP contribution in [0.15, 0.2) is 28.7 Å². The van der Waals surface area contributed by atoms with Crippen molar-refractivity contribution < 1.29 is 9.84 Å². The zero-order valence-electron chi connectivity index (χ0n) is 9.64. The largest absolute Gasteiger partial charge is 0.490 e. The fourth-order valence-corrected chi connectivity index (χ4v) is 3.52. The van der Waals surface area contributed by atoms with Gasteiger partial charge in [0.15, 0.2) is 0 Å². The monoisotopic (exact) mass is 316 g/mol. The summed E-state index contributed by atoms with van der Waals surface area (Å²) in [5, 5.41) is 10.1. The van der Waals surface area contributed by atoms with Crippen LogP contribution in [-0.2, 0) is 0 Å². The summed E-state index contributed by atoms with van der Waals surface area (Å²) in [5.41, 5.74) is 0. The van der Waals surface area contributed by atoms with E-state index in [1.807, 2.05) is 36.0 Å². The van der Waals surface area contributed by atoms with E-state index in [2.05, 4.69) is 15.9 Å². The Morgan fingerprint density at radius 1 is 1.35 bits per heavy atom. The number of thioether (sulfide) groups is 1. The first-order chi connectivity index (χ1) is 8.27. The Labute approximate surface area is 115 Å². The van der Waals surface area contributed by atoms with Crippen LogP contribution < -0.4 is 4.74 Å². The molecule has 1 atom stereocenters. The summed E-state index contributed by atoms with van der Waals surface area (Å²) in [6.07, 6.45) is 1.86. The number of aliphatic hydroxyl groups excluding tert-OH is 1. The molecule has 1 aromatic carbocycles. The quantitative estimate of drug-likeness (QED) is 0.924. The van der Waals surface area contributed by atoms with Crippen LogP contribution >= 0.6 is 27.7 Å². The topological polar surface area (TPSA) is 29.5 Å². The molecule has 0 bridgehead atoms. The molecule has 1 fully saturated rings. The average Bonchev–Trinajstić information content (AvgIpc) is 2.38. The number of para-hydroxylation sites is 1. The van der Waals surface area contributed by atoms with E-state index in [0.717, 1.165) is 34.6 Å². The highest BCUT2D eigenvalue weighted by Crippen LogP contribution is 2.27. The number of halogens is 1. The highest BCUT2D eigenvalue weighted by atomic mass is 79.9. The summed E-state index contributed by atoms with van der Waals surface area (Å²) in [6.45, 7) is 0.387. The molecule has 17 heavy (non-hydrogen) atoms. The van der Waals surface area contributed by atoms with Crippen LogP contribution in [0.4, 0.5) is 0 Å². The number of ether oxygens (including phenoxy) is 1. The standard InChI is InChI=1S/C13H17BrO2S/c14-11-3-1-2-4-13(11)16-9-12(15)10-5-7-17-8-6-10/h1-4,10,12,15H,5-9H2. The lowest BCUT2D eigenvalue weighted by Crippen LogP contribution is -2.30. The van der Waals surface area contributed by atoms with Crippen molar-refractivity contribution >= 4 is 27.7 Å². The molecule has 0 aliphatic carbocycles. The molecule has 0 aromatic heterocycles. The molecule has 2 nitrogen and oxygen atoms in total. The van der Waals surface area contributed by atoms with Crippen LogP contribution in [-0.4, -0.2) is 29.3 Å². The first kappa shape index (κ1) is 13.2. The molecule has 0 amide bonds. The van der Waals surface area contributed by atoms with E-state index >= 15 is 0 Å². The Morgan fingerprint density at radius 2 is 2.06 bits per heavy atom. The average molecular weight is 317 g/mol. The van der Waals surface area contributed by atoms with Crippen LogP contribution in [0.5, 0.6) is 5.75 Å². The van der Waals surface area contributed by atoms with Crippen molar-refractivity contribution in [3.8, 4) is 5.75 Å². The lowest BCUT2D eigenvalue weighted by Gasteiger charge is -2.26. The van der Waals surface area contributed by atoms with Gasteiger partial charge in [0.2, 0.25) is 0 Å². The van der Waals surface area contributed by atoms with Gasteiger partial charge in [-0.25, -0.2) is 0 Å². The Hall–Kier alpha value is -0.190. The summed E-state index contributed by atoms with van der Waals surface area (Å²) in [7, 11) is 0. The van der Waals surface area contributed by atoms with Gasteiger partial charge in [-0.05, 0) is 58.3 Å². The summed E-state index contributed by atoms with van der Waals surface area (Å²) in [4.78, 5) is 0. The molecule has 4 heteroatoms. The maximum atomic E-state index is 10.1. The third-order valence-electron chi connectivity index (χ3n) is 3.06. The predicted octanol–water partition coefficient (Wildman–Crippen LogP) is 3.33. The zero-order chi connectivity index (χ0) is 12.1. The third-order valence-corrected chi connectivity index (χ3v) is 4.76. The Kier molecular flexibility index (Phi) is 5.19. The van der Waals surface area contributed by atoms with E-state index in [1.54, 1.807) is 0 Å². The molecule has 94 valence electrons. The van der Waals surface area contributed by atoms with E-state index in [1.165, 1.54) is 0 Å². The summed E-state index contributed by atoms with van der Waals surface area (Å²) < 4.78 is 6.58. The molecule has 1 heterocycles. The van der Waals surface area contributed by atoms with Crippen LogP contribution in [0.25, 0.3) is 0 Å². The van der Waals surface area contributed by atoms with Crippen LogP contribution in [0.3, 0.4) is 0 Å². The van der Waals surface area contributed by atoms with Gasteiger partial charge in [-0.2, -0.15) is 11.8 Å². The maximum Gasteiger partial charge on any atom is 0.133 e. The fraction of sp³-hybridized carbons (Fsp3) is 0.538.